The van der Waals surface area contributed by atoms with Gasteiger partial charge in [-0.05, 0) is 45.0 Å². The molecule has 0 spiro atoms. The molecule has 0 unspecified atom stereocenters. The van der Waals surface area contributed by atoms with Crippen molar-refractivity contribution in [1.82, 2.24) is 14.2 Å². The van der Waals surface area contributed by atoms with E-state index in [9.17, 15) is 14.4 Å². The van der Waals surface area contributed by atoms with E-state index in [0.717, 1.165) is 0 Å². The molecule has 0 aliphatic carbocycles. The second-order valence-electron chi connectivity index (χ2n) is 9.57. The molecule has 0 fully saturated rings. The molecule has 1 N–H and O–H groups in total. The van der Waals surface area contributed by atoms with Gasteiger partial charge in [-0.25, -0.2) is 9.18 Å². The zero-order valence-corrected chi connectivity index (χ0v) is 21.4. The van der Waals surface area contributed by atoms with Crippen LogP contribution in [0.1, 0.15) is 58.9 Å². The van der Waals surface area contributed by atoms with Crippen molar-refractivity contribution < 1.29 is 28.2 Å². The fourth-order valence-electron chi connectivity index (χ4n) is 3.89. The summed E-state index contributed by atoms with van der Waals surface area (Å²) < 4.78 is 29.5. The lowest BCUT2D eigenvalue weighted by molar-refractivity contribution is 0.00693. The zero-order chi connectivity index (χ0) is 27.1. The molecule has 0 bridgehead atoms. The maximum atomic E-state index is 15.7. The molecule has 3 aromatic heterocycles. The number of aromatic nitrogens is 3. The molecule has 1 amide bonds. The Hall–Kier alpha value is -4.47. The maximum Gasteiger partial charge on any atom is 0.338 e. The first-order chi connectivity index (χ1) is 17.4. The van der Waals surface area contributed by atoms with Gasteiger partial charge in [-0.2, -0.15) is 5.10 Å². The molecule has 10 heteroatoms. The third-order valence-corrected chi connectivity index (χ3v) is 5.56. The number of esters is 1. The number of carbonyl (C=O) groups excluding carboxylic acids is 3. The summed E-state index contributed by atoms with van der Waals surface area (Å²) in [5.74, 6) is -1.87. The SMILES string of the molecule is COc1ccn2c(C(C)=O)cc(C(=O)Nc3cc(C(=O)OC(C)(C)C)cc(-c4cnn(C)c4)c3F)c2c1. The number of nitrogens with one attached hydrogen (secondary N) is 1. The molecule has 1 aromatic carbocycles. The highest BCUT2D eigenvalue weighted by atomic mass is 19.1. The van der Waals surface area contributed by atoms with Crippen molar-refractivity contribution in [3.8, 4) is 16.9 Å². The predicted octanol–water partition coefficient (Wildman–Crippen LogP) is 4.90. The van der Waals surface area contributed by atoms with Crippen molar-refractivity contribution in [3.63, 3.8) is 0 Å². The number of Topliss-reactive ketones (excluding diaryl/α,β-unsaturated/α-hetero) is 1. The normalized spacial score (nSPS) is 11.4. The number of nitrogens with zero attached hydrogens (tertiary/aromatic N) is 3. The molecule has 3 heterocycles. The van der Waals surface area contributed by atoms with Crippen LogP contribution in [0, 0.1) is 5.82 Å². The summed E-state index contributed by atoms with van der Waals surface area (Å²) in [6, 6.07) is 7.29. The Bertz CT molecular complexity index is 1540. The van der Waals surface area contributed by atoms with Crippen molar-refractivity contribution in [2.45, 2.75) is 33.3 Å². The van der Waals surface area contributed by atoms with Gasteiger partial charge in [0.05, 0.1) is 41.3 Å². The number of fused-ring (bicyclic) bond motifs is 1. The predicted molar refractivity (Wildman–Crippen MR) is 136 cm³/mol. The van der Waals surface area contributed by atoms with Gasteiger partial charge in [-0.1, -0.05) is 0 Å². The molecular formula is C27H27FN4O5. The Labute approximate surface area is 212 Å². The first-order valence-electron chi connectivity index (χ1n) is 11.4. The van der Waals surface area contributed by atoms with Crippen LogP contribution in [0.15, 0.2) is 48.9 Å². The van der Waals surface area contributed by atoms with Crippen LogP contribution in [0.5, 0.6) is 5.75 Å². The fraction of sp³-hybridized carbons (Fsp3) is 0.259. The molecule has 0 aliphatic rings. The van der Waals surface area contributed by atoms with Gasteiger partial charge in [-0.15, -0.1) is 0 Å². The van der Waals surface area contributed by atoms with Crippen LogP contribution < -0.4 is 10.1 Å². The second kappa shape index (κ2) is 9.53. The maximum absolute atomic E-state index is 15.7. The number of anilines is 1. The number of aryl methyl sites for hydroxylation is 1. The Morgan fingerprint density at radius 3 is 2.43 bits per heavy atom. The summed E-state index contributed by atoms with van der Waals surface area (Å²) in [6.45, 7) is 6.55. The van der Waals surface area contributed by atoms with Gasteiger partial charge in [0.2, 0.25) is 0 Å². The Morgan fingerprint density at radius 1 is 1.11 bits per heavy atom. The third kappa shape index (κ3) is 5.23. The number of pyridine rings is 1. The Kier molecular flexibility index (Phi) is 6.60. The standard InChI is InChI=1S/C27H27FN4O5/c1-15(33)22-12-20(23-11-18(36-6)7-8-32(22)23)25(34)30-21-10-16(26(35)37-27(2,3)4)9-19(24(21)28)17-13-29-31(5)14-17/h7-14H,1-6H3,(H,30,34). The highest BCUT2D eigenvalue weighted by molar-refractivity contribution is 6.12. The van der Waals surface area contributed by atoms with Crippen LogP contribution in [0.2, 0.25) is 0 Å². The summed E-state index contributed by atoms with van der Waals surface area (Å²) in [5.41, 5.74) is 0.349. The van der Waals surface area contributed by atoms with Crippen molar-refractivity contribution in [2.75, 3.05) is 12.4 Å². The van der Waals surface area contributed by atoms with Crippen LogP contribution in [-0.2, 0) is 11.8 Å². The van der Waals surface area contributed by atoms with E-state index in [1.54, 1.807) is 56.7 Å². The van der Waals surface area contributed by atoms with E-state index in [2.05, 4.69) is 10.4 Å². The van der Waals surface area contributed by atoms with E-state index >= 15 is 4.39 Å². The molecule has 0 aliphatic heterocycles. The van der Waals surface area contributed by atoms with E-state index in [1.807, 2.05) is 0 Å². The average Bonchev–Trinajstić information content (AvgIpc) is 3.42. The number of amides is 1. The lowest BCUT2D eigenvalue weighted by Crippen LogP contribution is -2.24. The lowest BCUT2D eigenvalue weighted by Gasteiger charge is -2.20. The van der Waals surface area contributed by atoms with E-state index in [-0.39, 0.29) is 33.9 Å². The quantitative estimate of drug-likeness (QED) is 0.295. The van der Waals surface area contributed by atoms with Crippen LogP contribution in [0.4, 0.5) is 10.1 Å². The van der Waals surface area contributed by atoms with Crippen LogP contribution in [0.3, 0.4) is 0 Å². The molecule has 0 saturated heterocycles. The summed E-state index contributed by atoms with van der Waals surface area (Å²) in [5, 5.41) is 6.64. The van der Waals surface area contributed by atoms with E-state index in [4.69, 9.17) is 9.47 Å². The van der Waals surface area contributed by atoms with E-state index < -0.39 is 23.3 Å². The van der Waals surface area contributed by atoms with Gasteiger partial charge < -0.3 is 19.2 Å². The number of hydrogen-bond donors (Lipinski definition) is 1. The van der Waals surface area contributed by atoms with Gasteiger partial charge >= 0.3 is 5.97 Å². The summed E-state index contributed by atoms with van der Waals surface area (Å²) in [7, 11) is 3.17. The number of methoxy groups -OCH3 is 1. The highest BCUT2D eigenvalue weighted by Gasteiger charge is 2.24. The number of benzene rings is 1. The zero-order valence-electron chi connectivity index (χ0n) is 21.4. The molecule has 9 nitrogen and oxygen atoms in total. The molecule has 4 aromatic rings. The summed E-state index contributed by atoms with van der Waals surface area (Å²) in [4.78, 5) is 38.5. The summed E-state index contributed by atoms with van der Waals surface area (Å²) in [6.07, 6.45) is 4.66. The minimum atomic E-state index is -0.781. The number of ketones is 1. The van der Waals surface area contributed by atoms with Crippen molar-refractivity contribution >= 4 is 28.9 Å². The first-order valence-corrected chi connectivity index (χ1v) is 11.4. The Morgan fingerprint density at radius 2 is 1.84 bits per heavy atom. The fourth-order valence-corrected chi connectivity index (χ4v) is 3.89. The van der Waals surface area contributed by atoms with Crippen molar-refractivity contribution in [1.29, 1.82) is 0 Å². The highest BCUT2D eigenvalue weighted by Crippen LogP contribution is 2.31. The first kappa shape index (κ1) is 25.6. The number of ether oxygens (including phenoxy) is 2. The third-order valence-electron chi connectivity index (χ3n) is 5.56. The van der Waals surface area contributed by atoms with E-state index in [1.165, 1.54) is 43.1 Å². The number of halogens is 1. The minimum absolute atomic E-state index is 0.0540. The van der Waals surface area contributed by atoms with Gasteiger partial charge in [0.15, 0.2) is 11.6 Å². The second-order valence-corrected chi connectivity index (χ2v) is 9.57. The number of hydrogen-bond acceptors (Lipinski definition) is 6. The lowest BCUT2D eigenvalue weighted by atomic mass is 10.0. The number of carbonyl (C=O) groups is 3. The topological polar surface area (TPSA) is 104 Å². The van der Waals surface area contributed by atoms with Crippen LogP contribution >= 0.6 is 0 Å². The van der Waals surface area contributed by atoms with Crippen molar-refractivity contribution in [3.05, 3.63) is 71.6 Å². The molecule has 0 saturated carbocycles. The number of rotatable bonds is 6. The largest absolute Gasteiger partial charge is 0.497 e. The molecule has 0 radical (unpaired) electrons. The molecule has 0 atom stereocenters. The van der Waals surface area contributed by atoms with Crippen molar-refractivity contribution in [2.24, 2.45) is 7.05 Å². The van der Waals surface area contributed by atoms with Gasteiger partial charge in [0.25, 0.3) is 5.91 Å². The average molecular weight is 507 g/mol. The van der Waals surface area contributed by atoms with Crippen LogP contribution in [0.25, 0.3) is 16.6 Å². The van der Waals surface area contributed by atoms with E-state index in [0.29, 0.717) is 16.8 Å². The van der Waals surface area contributed by atoms with Gasteiger partial charge in [-0.3, -0.25) is 14.3 Å². The summed E-state index contributed by atoms with van der Waals surface area (Å²) >= 11 is 0. The monoisotopic (exact) mass is 506 g/mol. The molecule has 37 heavy (non-hydrogen) atoms. The van der Waals surface area contributed by atoms with Gasteiger partial charge in [0.1, 0.15) is 11.4 Å². The Balaban J connectivity index is 1.82. The smallest absolute Gasteiger partial charge is 0.338 e. The van der Waals surface area contributed by atoms with Gasteiger partial charge in [0, 0.05) is 43.6 Å². The molecular weight excluding hydrogens is 479 g/mol. The minimum Gasteiger partial charge on any atom is -0.497 e. The van der Waals surface area contributed by atoms with Crippen LogP contribution in [-0.4, -0.2) is 44.6 Å². The molecule has 4 rings (SSSR count). The molecule has 192 valence electrons.